The molecule has 0 saturated heterocycles. The first-order valence-corrected chi connectivity index (χ1v) is 15.0. The Bertz CT molecular complexity index is 1600. The molecule has 0 atom stereocenters. The van der Waals surface area contributed by atoms with E-state index in [1.807, 2.05) is 0 Å². The summed E-state index contributed by atoms with van der Waals surface area (Å²) in [5, 5.41) is 0. The fourth-order valence-corrected chi connectivity index (χ4v) is 6.20. The summed E-state index contributed by atoms with van der Waals surface area (Å²) in [6.45, 7) is 28.0. The van der Waals surface area contributed by atoms with Gasteiger partial charge in [-0.05, 0) is 88.4 Å². The molecule has 0 spiro atoms. The summed E-state index contributed by atoms with van der Waals surface area (Å²) in [5.74, 6) is 0. The molecule has 0 radical (unpaired) electrons. The van der Waals surface area contributed by atoms with E-state index in [-0.39, 0.29) is 21.7 Å². The summed E-state index contributed by atoms with van der Waals surface area (Å²) in [6, 6.07) is 28.2. The van der Waals surface area contributed by atoms with E-state index < -0.39 is 0 Å². The third kappa shape index (κ3) is 4.85. The quantitative estimate of drug-likeness (QED) is 0.214. The maximum Gasteiger partial charge on any atom is -0.00140 e. The Balaban J connectivity index is 1.89. The zero-order chi connectivity index (χ0) is 29.4. The lowest BCUT2D eigenvalue weighted by Gasteiger charge is -2.34. The van der Waals surface area contributed by atoms with Crippen molar-refractivity contribution in [2.24, 2.45) is 0 Å². The lowest BCUT2D eigenvalue weighted by molar-refractivity contribution is 0.568. The Labute approximate surface area is 243 Å². The highest BCUT2D eigenvalue weighted by Crippen LogP contribution is 2.56. The van der Waals surface area contributed by atoms with E-state index in [4.69, 9.17) is 0 Å². The molecule has 0 heteroatoms. The van der Waals surface area contributed by atoms with E-state index in [0.717, 1.165) is 0 Å². The maximum atomic E-state index is 2.48. The summed E-state index contributed by atoms with van der Waals surface area (Å²) < 4.78 is 0. The summed E-state index contributed by atoms with van der Waals surface area (Å²) in [6.07, 6.45) is 0. The van der Waals surface area contributed by atoms with E-state index in [9.17, 15) is 0 Å². The van der Waals surface area contributed by atoms with Crippen LogP contribution >= 0.6 is 0 Å². The normalized spacial score (nSPS) is 13.5. The van der Waals surface area contributed by atoms with E-state index in [0.29, 0.717) is 0 Å². The largest absolute Gasteiger partial charge is 0.0616 e. The van der Waals surface area contributed by atoms with Crippen LogP contribution in [-0.4, -0.2) is 0 Å². The van der Waals surface area contributed by atoms with Crippen molar-refractivity contribution < 1.29 is 0 Å². The predicted octanol–water partition coefficient (Wildman–Crippen LogP) is 11.9. The van der Waals surface area contributed by atoms with E-state index in [1.165, 1.54) is 66.8 Å². The van der Waals surface area contributed by atoms with Crippen molar-refractivity contribution in [2.45, 2.75) is 105 Å². The van der Waals surface area contributed by atoms with Gasteiger partial charge < -0.3 is 0 Å². The summed E-state index contributed by atoms with van der Waals surface area (Å²) >= 11 is 0. The van der Waals surface area contributed by atoms with Gasteiger partial charge in [-0.15, -0.1) is 0 Å². The topological polar surface area (TPSA) is 0 Å². The van der Waals surface area contributed by atoms with Crippen LogP contribution in [0.2, 0.25) is 0 Å². The molecular weight excluding hydrogens is 480 g/mol. The molecule has 0 unspecified atom stereocenters. The highest BCUT2D eigenvalue weighted by Gasteiger charge is 2.33. The van der Waals surface area contributed by atoms with Gasteiger partial charge in [0.05, 0.1) is 0 Å². The lowest BCUT2D eigenvalue weighted by atomic mass is 9.69. The zero-order valence-electron chi connectivity index (χ0n) is 26.9. The van der Waals surface area contributed by atoms with Crippen molar-refractivity contribution >= 4 is 0 Å². The molecule has 4 aromatic rings. The molecule has 5 rings (SSSR count). The second kappa shape index (κ2) is 9.20. The second-order valence-corrected chi connectivity index (χ2v) is 16.0. The first kappa shape index (κ1) is 28.4. The molecule has 0 fully saturated rings. The lowest BCUT2D eigenvalue weighted by Crippen LogP contribution is -2.19. The molecule has 0 aliphatic heterocycles. The Kier molecular flexibility index (Phi) is 6.53. The van der Waals surface area contributed by atoms with Gasteiger partial charge in [-0.2, -0.15) is 0 Å². The SMILES string of the molecule is CC(C)(C)c1ccc(-c2ccc3c(c2-c2ccc(C(C)(C)C)cc2C(C)(C)C)-c2ccccc2-3)c(C(C)(C)C)c1. The average molecular weight is 529 g/mol. The number of hydrogen-bond donors (Lipinski definition) is 0. The van der Waals surface area contributed by atoms with Crippen molar-refractivity contribution in [2.75, 3.05) is 0 Å². The van der Waals surface area contributed by atoms with Crippen LogP contribution in [0, 0.1) is 0 Å². The summed E-state index contributed by atoms with van der Waals surface area (Å²) in [4.78, 5) is 0. The van der Waals surface area contributed by atoms with E-state index in [2.05, 4.69) is 156 Å². The molecule has 40 heavy (non-hydrogen) atoms. The molecule has 1 aliphatic carbocycles. The van der Waals surface area contributed by atoms with Gasteiger partial charge in [-0.25, -0.2) is 0 Å². The molecule has 0 saturated carbocycles. The highest BCUT2D eigenvalue weighted by molar-refractivity contribution is 6.12. The summed E-state index contributed by atoms with van der Waals surface area (Å²) in [7, 11) is 0. The Morgan fingerprint density at radius 2 is 0.700 bits per heavy atom. The van der Waals surface area contributed by atoms with Gasteiger partial charge in [0.15, 0.2) is 0 Å². The monoisotopic (exact) mass is 528 g/mol. The standard InChI is InChI=1S/C40H48/c1-37(2,3)25-17-19-28(33(23-25)39(7,8)9)31-22-21-30-27-15-13-14-16-29(27)35(30)36(31)32-20-18-26(38(4,5)6)24-34(32)40(10,11)12/h13-24H,1-12H3. The predicted molar refractivity (Wildman–Crippen MR) is 177 cm³/mol. The third-order valence-corrected chi connectivity index (χ3v) is 8.64. The average Bonchev–Trinajstić information content (AvgIpc) is 2.83. The Hall–Kier alpha value is -3.12. The molecule has 208 valence electrons. The molecule has 0 bridgehead atoms. The van der Waals surface area contributed by atoms with Crippen molar-refractivity contribution in [3.05, 3.63) is 95.1 Å². The Morgan fingerprint density at radius 1 is 0.325 bits per heavy atom. The van der Waals surface area contributed by atoms with Crippen LogP contribution in [0.5, 0.6) is 0 Å². The van der Waals surface area contributed by atoms with Crippen LogP contribution in [0.3, 0.4) is 0 Å². The van der Waals surface area contributed by atoms with Gasteiger partial charge >= 0.3 is 0 Å². The van der Waals surface area contributed by atoms with Crippen LogP contribution in [-0.2, 0) is 21.7 Å². The maximum absolute atomic E-state index is 2.48. The highest BCUT2D eigenvalue weighted by atomic mass is 14.4. The molecule has 0 N–H and O–H groups in total. The van der Waals surface area contributed by atoms with Gasteiger partial charge in [0.2, 0.25) is 0 Å². The third-order valence-electron chi connectivity index (χ3n) is 8.64. The van der Waals surface area contributed by atoms with Crippen molar-refractivity contribution in [1.82, 2.24) is 0 Å². The molecule has 0 amide bonds. The van der Waals surface area contributed by atoms with Crippen LogP contribution < -0.4 is 0 Å². The summed E-state index contributed by atoms with van der Waals surface area (Å²) in [5.41, 5.74) is 16.8. The zero-order valence-corrected chi connectivity index (χ0v) is 26.9. The van der Waals surface area contributed by atoms with Crippen LogP contribution in [0.4, 0.5) is 0 Å². The molecule has 1 aliphatic rings. The van der Waals surface area contributed by atoms with E-state index >= 15 is 0 Å². The first-order valence-electron chi connectivity index (χ1n) is 15.0. The van der Waals surface area contributed by atoms with Gasteiger partial charge in [-0.3, -0.25) is 0 Å². The molecule has 0 nitrogen and oxygen atoms in total. The minimum absolute atomic E-state index is 0.00278. The van der Waals surface area contributed by atoms with Gasteiger partial charge in [0, 0.05) is 0 Å². The number of fused-ring (bicyclic) bond motifs is 4. The van der Waals surface area contributed by atoms with Gasteiger partial charge in [0.1, 0.15) is 0 Å². The minimum Gasteiger partial charge on any atom is -0.0616 e. The number of rotatable bonds is 2. The van der Waals surface area contributed by atoms with Gasteiger partial charge in [-0.1, -0.05) is 156 Å². The first-order chi connectivity index (χ1) is 18.4. The smallest absolute Gasteiger partial charge is 0.00140 e. The van der Waals surface area contributed by atoms with Crippen LogP contribution in [0.15, 0.2) is 72.8 Å². The second-order valence-electron chi connectivity index (χ2n) is 16.0. The Morgan fingerprint density at radius 3 is 1.18 bits per heavy atom. The molecular formula is C40H48. The number of hydrogen-bond acceptors (Lipinski definition) is 0. The minimum atomic E-state index is 0.00278. The van der Waals surface area contributed by atoms with Crippen molar-refractivity contribution in [3.63, 3.8) is 0 Å². The van der Waals surface area contributed by atoms with E-state index in [1.54, 1.807) is 0 Å². The van der Waals surface area contributed by atoms with Crippen molar-refractivity contribution in [1.29, 1.82) is 0 Å². The molecule has 4 aromatic carbocycles. The number of benzene rings is 4. The fourth-order valence-electron chi connectivity index (χ4n) is 6.20. The van der Waals surface area contributed by atoms with Crippen molar-refractivity contribution in [3.8, 4) is 44.5 Å². The fraction of sp³-hybridized carbons (Fsp3) is 0.400. The van der Waals surface area contributed by atoms with Crippen LogP contribution in [0.1, 0.15) is 105 Å². The molecule has 0 aromatic heterocycles. The molecule has 0 heterocycles. The van der Waals surface area contributed by atoms with Gasteiger partial charge in [0.25, 0.3) is 0 Å². The van der Waals surface area contributed by atoms with Crippen LogP contribution in [0.25, 0.3) is 44.5 Å².